The number of amides is 2. The van der Waals surface area contributed by atoms with Crippen LogP contribution in [-0.4, -0.2) is 44.3 Å². The first kappa shape index (κ1) is 32.2. The number of carbonyl (C=O) groups excluding carboxylic acids is 2. The molecule has 0 saturated heterocycles. The number of nitrogens with zero attached hydrogens (tertiary/aromatic N) is 2. The summed E-state index contributed by atoms with van der Waals surface area (Å²) in [4.78, 5) is 28.5. The number of rotatable bonds is 13. The fourth-order valence-corrected chi connectivity index (χ4v) is 6.08. The number of hydrogen-bond donors (Lipinski definition) is 1. The number of hydrogen-bond acceptors (Lipinski definition) is 5. The standard InChI is InChI=1S/C34H36FN3O5S/c1-4-32(34(40)36-5-2)37(23-26-13-15-27(35)16-14-26)33(39)24-38(44(41,42)31-21-11-25(3)12-22-31)28-17-19-30(20-18-28)43-29-9-7-6-8-10-29/h6-22,32H,4-5,23-24H2,1-3H3,(H,36,40)/t32-/m1/s1. The molecule has 0 aromatic heterocycles. The molecule has 4 aromatic carbocycles. The highest BCUT2D eigenvalue weighted by atomic mass is 32.2. The molecule has 10 heteroatoms. The number of anilines is 1. The molecule has 0 radical (unpaired) electrons. The molecule has 44 heavy (non-hydrogen) atoms. The van der Waals surface area contributed by atoms with Crippen molar-refractivity contribution in [2.45, 2.75) is 44.7 Å². The molecule has 1 atom stereocenters. The smallest absolute Gasteiger partial charge is 0.264 e. The van der Waals surface area contributed by atoms with E-state index in [1.54, 1.807) is 62.4 Å². The zero-order chi connectivity index (χ0) is 31.7. The Balaban J connectivity index is 1.72. The van der Waals surface area contributed by atoms with Gasteiger partial charge in [-0.3, -0.25) is 13.9 Å². The minimum absolute atomic E-state index is 0.0152. The molecular weight excluding hydrogens is 581 g/mol. The lowest BCUT2D eigenvalue weighted by Gasteiger charge is -2.33. The van der Waals surface area contributed by atoms with Crippen molar-refractivity contribution in [3.05, 3.63) is 120 Å². The molecule has 0 bridgehead atoms. The fourth-order valence-electron chi connectivity index (χ4n) is 4.67. The topological polar surface area (TPSA) is 96.0 Å². The average molecular weight is 618 g/mol. The van der Waals surface area contributed by atoms with Gasteiger partial charge in [-0.15, -0.1) is 0 Å². The summed E-state index contributed by atoms with van der Waals surface area (Å²) in [6.07, 6.45) is 0.287. The summed E-state index contributed by atoms with van der Waals surface area (Å²) >= 11 is 0. The van der Waals surface area contributed by atoms with Crippen LogP contribution >= 0.6 is 0 Å². The Morgan fingerprint density at radius 1 is 0.841 bits per heavy atom. The highest BCUT2D eigenvalue weighted by Gasteiger charge is 2.33. The Morgan fingerprint density at radius 2 is 1.45 bits per heavy atom. The van der Waals surface area contributed by atoms with E-state index in [4.69, 9.17) is 4.74 Å². The lowest BCUT2D eigenvalue weighted by Crippen LogP contribution is -2.52. The normalized spacial score (nSPS) is 11.8. The third-order valence-electron chi connectivity index (χ3n) is 6.99. The second kappa shape index (κ2) is 14.7. The molecule has 0 saturated carbocycles. The van der Waals surface area contributed by atoms with Crippen LogP contribution in [0.1, 0.15) is 31.4 Å². The van der Waals surface area contributed by atoms with Crippen LogP contribution in [0.3, 0.4) is 0 Å². The van der Waals surface area contributed by atoms with Crippen LogP contribution in [0.15, 0.2) is 108 Å². The van der Waals surface area contributed by atoms with Crippen LogP contribution in [0.5, 0.6) is 11.5 Å². The number of benzene rings is 4. The summed E-state index contributed by atoms with van der Waals surface area (Å²) in [6, 6.07) is 26.7. The van der Waals surface area contributed by atoms with Crippen LogP contribution in [0.25, 0.3) is 0 Å². The average Bonchev–Trinajstić information content (AvgIpc) is 3.02. The van der Waals surface area contributed by atoms with Crippen molar-refractivity contribution in [3.8, 4) is 11.5 Å². The van der Waals surface area contributed by atoms with E-state index in [-0.39, 0.29) is 29.5 Å². The van der Waals surface area contributed by atoms with E-state index in [2.05, 4.69) is 5.32 Å². The number of halogens is 1. The molecule has 0 fully saturated rings. The Bertz CT molecular complexity index is 1650. The minimum atomic E-state index is -4.22. The number of aryl methyl sites for hydroxylation is 1. The quantitative estimate of drug-likeness (QED) is 0.197. The van der Waals surface area contributed by atoms with Gasteiger partial charge in [0.05, 0.1) is 10.6 Å². The first-order valence-corrected chi connectivity index (χ1v) is 15.8. The zero-order valence-electron chi connectivity index (χ0n) is 24.9. The van der Waals surface area contributed by atoms with Gasteiger partial charge >= 0.3 is 0 Å². The summed E-state index contributed by atoms with van der Waals surface area (Å²) in [5.41, 5.74) is 1.72. The van der Waals surface area contributed by atoms with Crippen LogP contribution < -0.4 is 14.4 Å². The van der Waals surface area contributed by atoms with E-state index < -0.39 is 34.3 Å². The van der Waals surface area contributed by atoms with Gasteiger partial charge in [-0.2, -0.15) is 0 Å². The van der Waals surface area contributed by atoms with E-state index in [9.17, 15) is 22.4 Å². The van der Waals surface area contributed by atoms with Gasteiger partial charge < -0.3 is 15.0 Å². The number of nitrogens with one attached hydrogen (secondary N) is 1. The number of para-hydroxylation sites is 1. The highest BCUT2D eigenvalue weighted by molar-refractivity contribution is 7.92. The zero-order valence-corrected chi connectivity index (χ0v) is 25.8. The van der Waals surface area contributed by atoms with Crippen LogP contribution in [0, 0.1) is 12.7 Å². The van der Waals surface area contributed by atoms with Gasteiger partial charge in [-0.25, -0.2) is 12.8 Å². The van der Waals surface area contributed by atoms with Crippen molar-refractivity contribution in [1.29, 1.82) is 0 Å². The maximum absolute atomic E-state index is 14.1. The van der Waals surface area contributed by atoms with Gasteiger partial charge in [0.25, 0.3) is 10.0 Å². The summed E-state index contributed by atoms with van der Waals surface area (Å²) in [5, 5.41) is 2.76. The molecule has 1 N–H and O–H groups in total. The van der Waals surface area contributed by atoms with E-state index in [0.29, 0.717) is 23.6 Å². The van der Waals surface area contributed by atoms with Gasteiger partial charge in [0.15, 0.2) is 0 Å². The molecule has 0 spiro atoms. The Hall–Kier alpha value is -4.70. The minimum Gasteiger partial charge on any atom is -0.457 e. The summed E-state index contributed by atoms with van der Waals surface area (Å²) in [7, 11) is -4.22. The molecule has 0 heterocycles. The molecule has 4 aromatic rings. The number of likely N-dealkylation sites (N-methyl/N-ethyl adjacent to an activating group) is 1. The summed E-state index contributed by atoms with van der Waals surface area (Å²) in [5.74, 6) is -0.280. The summed E-state index contributed by atoms with van der Waals surface area (Å²) < 4.78 is 48.6. The van der Waals surface area contributed by atoms with Crippen molar-refractivity contribution in [3.63, 3.8) is 0 Å². The van der Waals surface area contributed by atoms with Crippen LogP contribution in [0.2, 0.25) is 0 Å². The van der Waals surface area contributed by atoms with Gasteiger partial charge in [0.2, 0.25) is 11.8 Å². The third kappa shape index (κ3) is 8.02. The molecule has 2 amide bonds. The predicted molar refractivity (Wildman–Crippen MR) is 168 cm³/mol. The van der Waals surface area contributed by atoms with Crippen molar-refractivity contribution in [2.24, 2.45) is 0 Å². The molecule has 0 unspecified atom stereocenters. The van der Waals surface area contributed by atoms with Gasteiger partial charge in [-0.05, 0) is 86.5 Å². The fraction of sp³-hybridized carbons (Fsp3) is 0.235. The lowest BCUT2D eigenvalue weighted by molar-refractivity contribution is -0.140. The Labute approximate surface area is 258 Å². The Morgan fingerprint density at radius 3 is 2.05 bits per heavy atom. The highest BCUT2D eigenvalue weighted by Crippen LogP contribution is 2.29. The second-order valence-corrected chi connectivity index (χ2v) is 12.1. The molecule has 0 aliphatic heterocycles. The van der Waals surface area contributed by atoms with E-state index in [0.717, 1.165) is 9.87 Å². The Kier molecular flexibility index (Phi) is 10.7. The largest absolute Gasteiger partial charge is 0.457 e. The SMILES string of the molecule is CCNC(=O)[C@@H](CC)N(Cc1ccc(F)cc1)C(=O)CN(c1ccc(Oc2ccccc2)cc1)S(=O)(=O)c1ccc(C)cc1. The monoisotopic (exact) mass is 617 g/mol. The number of carbonyl (C=O) groups is 2. The van der Waals surface area contributed by atoms with Crippen LogP contribution in [0.4, 0.5) is 10.1 Å². The van der Waals surface area contributed by atoms with Gasteiger partial charge in [-0.1, -0.05) is 55.0 Å². The second-order valence-electron chi connectivity index (χ2n) is 10.2. The maximum atomic E-state index is 14.1. The van der Waals surface area contributed by atoms with Crippen molar-refractivity contribution >= 4 is 27.5 Å². The van der Waals surface area contributed by atoms with E-state index >= 15 is 0 Å². The number of sulfonamides is 1. The first-order valence-electron chi connectivity index (χ1n) is 14.4. The van der Waals surface area contributed by atoms with E-state index in [1.165, 1.54) is 41.3 Å². The summed E-state index contributed by atoms with van der Waals surface area (Å²) in [6.45, 7) is 5.17. The molecule has 0 aliphatic carbocycles. The lowest BCUT2D eigenvalue weighted by atomic mass is 10.1. The molecular formula is C34H36FN3O5S. The molecule has 8 nitrogen and oxygen atoms in total. The molecule has 4 rings (SSSR count). The predicted octanol–water partition coefficient (Wildman–Crippen LogP) is 6.07. The molecule has 0 aliphatic rings. The van der Waals surface area contributed by atoms with Crippen molar-refractivity contribution < 1.29 is 27.1 Å². The van der Waals surface area contributed by atoms with Crippen molar-refractivity contribution in [2.75, 3.05) is 17.4 Å². The van der Waals surface area contributed by atoms with Crippen LogP contribution in [-0.2, 0) is 26.2 Å². The maximum Gasteiger partial charge on any atom is 0.264 e. The van der Waals surface area contributed by atoms with Gasteiger partial charge in [0, 0.05) is 13.1 Å². The third-order valence-corrected chi connectivity index (χ3v) is 8.78. The number of ether oxygens (including phenoxy) is 1. The van der Waals surface area contributed by atoms with E-state index in [1.807, 2.05) is 25.1 Å². The first-order chi connectivity index (χ1) is 21.1. The molecule has 230 valence electrons. The van der Waals surface area contributed by atoms with Crippen molar-refractivity contribution in [1.82, 2.24) is 10.2 Å². The van der Waals surface area contributed by atoms with Gasteiger partial charge in [0.1, 0.15) is 29.9 Å².